The standard InChI is InChI=1S/C20H25F2NO4S/c1-14-4-2-3-5-16(14)13-27-20(24)15-8-10-23(11-9-15)28(25,26)19-12-17(21)6-7-18(19)22/h2-3,6-7,12,14-16H,4-5,8-11,13H2,1H3. The van der Waals surface area contributed by atoms with E-state index in [9.17, 15) is 22.0 Å². The molecule has 0 N–H and O–H groups in total. The fraction of sp³-hybridized carbons (Fsp3) is 0.550. The lowest BCUT2D eigenvalue weighted by Gasteiger charge is -2.31. The number of hydrogen-bond donors (Lipinski definition) is 0. The second-order valence-electron chi connectivity index (χ2n) is 7.56. The molecule has 3 rings (SSSR count). The molecule has 5 nitrogen and oxygen atoms in total. The normalized spacial score (nSPS) is 24.2. The molecule has 0 aromatic heterocycles. The lowest BCUT2D eigenvalue weighted by atomic mass is 9.85. The summed E-state index contributed by atoms with van der Waals surface area (Å²) in [4.78, 5) is 11.7. The third kappa shape index (κ3) is 4.60. The predicted octanol–water partition coefficient (Wildman–Crippen LogP) is 3.51. The van der Waals surface area contributed by atoms with Crippen LogP contribution in [0.1, 0.15) is 32.6 Å². The Kier molecular flexibility index (Phi) is 6.50. The van der Waals surface area contributed by atoms with Crippen LogP contribution in [0, 0.1) is 29.4 Å². The molecule has 154 valence electrons. The first kappa shape index (κ1) is 20.9. The minimum Gasteiger partial charge on any atom is -0.465 e. The van der Waals surface area contributed by atoms with Crippen molar-refractivity contribution in [1.29, 1.82) is 0 Å². The molecule has 1 aromatic carbocycles. The highest BCUT2D eigenvalue weighted by Gasteiger charge is 2.34. The Morgan fingerprint density at radius 1 is 1.18 bits per heavy atom. The highest BCUT2D eigenvalue weighted by atomic mass is 32.2. The Bertz CT molecular complexity index is 848. The summed E-state index contributed by atoms with van der Waals surface area (Å²) < 4.78 is 59.0. The number of ether oxygens (including phenoxy) is 1. The van der Waals surface area contributed by atoms with Gasteiger partial charge in [0.2, 0.25) is 10.0 Å². The van der Waals surface area contributed by atoms with Crippen molar-refractivity contribution in [2.75, 3.05) is 19.7 Å². The van der Waals surface area contributed by atoms with E-state index >= 15 is 0 Å². The number of carbonyl (C=O) groups is 1. The molecule has 8 heteroatoms. The largest absolute Gasteiger partial charge is 0.465 e. The van der Waals surface area contributed by atoms with Gasteiger partial charge in [0.25, 0.3) is 0 Å². The number of halogens is 2. The topological polar surface area (TPSA) is 63.7 Å². The van der Waals surface area contributed by atoms with Crippen LogP contribution in [0.3, 0.4) is 0 Å². The molecule has 1 aliphatic carbocycles. The van der Waals surface area contributed by atoms with E-state index in [0.29, 0.717) is 37.4 Å². The molecule has 2 aliphatic rings. The molecule has 1 saturated heterocycles. The number of sulfonamides is 1. The van der Waals surface area contributed by atoms with Crippen LogP contribution in [0.2, 0.25) is 0 Å². The Hall–Kier alpha value is -1.80. The van der Waals surface area contributed by atoms with Crippen LogP contribution >= 0.6 is 0 Å². The van der Waals surface area contributed by atoms with E-state index in [2.05, 4.69) is 19.1 Å². The number of allylic oxidation sites excluding steroid dienone is 2. The maximum atomic E-state index is 13.9. The summed E-state index contributed by atoms with van der Waals surface area (Å²) in [6.45, 7) is 2.65. The maximum Gasteiger partial charge on any atom is 0.309 e. The van der Waals surface area contributed by atoms with Gasteiger partial charge in [-0.15, -0.1) is 0 Å². The Morgan fingerprint density at radius 2 is 1.86 bits per heavy atom. The third-order valence-corrected chi connectivity index (χ3v) is 7.57. The van der Waals surface area contributed by atoms with Gasteiger partial charge < -0.3 is 4.74 Å². The first-order valence-corrected chi connectivity index (χ1v) is 11.0. The molecule has 2 unspecified atom stereocenters. The fourth-order valence-electron chi connectivity index (χ4n) is 3.69. The molecule has 0 amide bonds. The summed E-state index contributed by atoms with van der Waals surface area (Å²) in [7, 11) is -4.14. The Labute approximate surface area is 164 Å². The van der Waals surface area contributed by atoms with E-state index in [1.165, 1.54) is 0 Å². The van der Waals surface area contributed by atoms with Crippen LogP contribution < -0.4 is 0 Å². The van der Waals surface area contributed by atoms with Crippen LogP contribution in [-0.4, -0.2) is 38.4 Å². The molecule has 1 aromatic rings. The summed E-state index contributed by atoms with van der Waals surface area (Å²) in [6.07, 6.45) is 6.72. The summed E-state index contributed by atoms with van der Waals surface area (Å²) in [5, 5.41) is 0. The second-order valence-corrected chi connectivity index (χ2v) is 9.47. The summed E-state index contributed by atoms with van der Waals surface area (Å²) >= 11 is 0. The van der Waals surface area contributed by atoms with Crippen LogP contribution in [0.25, 0.3) is 0 Å². The van der Waals surface area contributed by atoms with Crippen molar-refractivity contribution in [2.45, 2.75) is 37.5 Å². The minimum atomic E-state index is -4.14. The van der Waals surface area contributed by atoms with Gasteiger partial charge in [-0.3, -0.25) is 4.79 Å². The molecule has 0 bridgehead atoms. The molecule has 1 fully saturated rings. The lowest BCUT2D eigenvalue weighted by Crippen LogP contribution is -2.41. The first-order valence-electron chi connectivity index (χ1n) is 9.56. The number of esters is 1. The first-order chi connectivity index (χ1) is 13.3. The van der Waals surface area contributed by atoms with E-state index < -0.39 is 26.6 Å². The second kappa shape index (κ2) is 8.69. The molecule has 0 radical (unpaired) electrons. The zero-order valence-corrected chi connectivity index (χ0v) is 16.6. The third-order valence-electron chi connectivity index (χ3n) is 5.66. The van der Waals surface area contributed by atoms with Crippen molar-refractivity contribution in [2.24, 2.45) is 17.8 Å². The van der Waals surface area contributed by atoms with Gasteiger partial charge in [0.1, 0.15) is 16.5 Å². The Balaban J connectivity index is 1.55. The Morgan fingerprint density at radius 3 is 2.54 bits per heavy atom. The number of benzene rings is 1. The van der Waals surface area contributed by atoms with Gasteiger partial charge in [-0.2, -0.15) is 4.31 Å². The van der Waals surface area contributed by atoms with Gasteiger partial charge in [-0.1, -0.05) is 19.1 Å². The molecule has 28 heavy (non-hydrogen) atoms. The highest BCUT2D eigenvalue weighted by molar-refractivity contribution is 7.89. The van der Waals surface area contributed by atoms with E-state index in [4.69, 9.17) is 4.74 Å². The number of rotatable bonds is 5. The zero-order chi connectivity index (χ0) is 20.3. The highest BCUT2D eigenvalue weighted by Crippen LogP contribution is 2.28. The fourth-order valence-corrected chi connectivity index (χ4v) is 5.24. The molecule has 1 heterocycles. The molecule has 1 aliphatic heterocycles. The summed E-state index contributed by atoms with van der Waals surface area (Å²) in [5.41, 5.74) is 0. The van der Waals surface area contributed by atoms with Crippen molar-refractivity contribution in [3.05, 3.63) is 42.0 Å². The molecule has 2 atom stereocenters. The SMILES string of the molecule is CC1CC=CCC1COC(=O)C1CCN(S(=O)(=O)c2cc(F)ccc2F)CC1. The van der Waals surface area contributed by atoms with Gasteiger partial charge in [0.05, 0.1) is 12.5 Å². The van der Waals surface area contributed by atoms with Gasteiger partial charge in [-0.25, -0.2) is 17.2 Å². The zero-order valence-electron chi connectivity index (χ0n) is 15.8. The number of hydrogen-bond acceptors (Lipinski definition) is 4. The lowest BCUT2D eigenvalue weighted by molar-refractivity contribution is -0.151. The predicted molar refractivity (Wildman–Crippen MR) is 99.8 cm³/mol. The van der Waals surface area contributed by atoms with Crippen LogP contribution in [-0.2, 0) is 19.6 Å². The average molecular weight is 413 g/mol. The minimum absolute atomic E-state index is 0.0701. The molecular formula is C20H25F2NO4S. The van der Waals surface area contributed by atoms with Crippen molar-refractivity contribution < 1.29 is 26.7 Å². The van der Waals surface area contributed by atoms with E-state index in [1.807, 2.05) is 0 Å². The van der Waals surface area contributed by atoms with E-state index in [0.717, 1.165) is 29.3 Å². The van der Waals surface area contributed by atoms with Crippen molar-refractivity contribution >= 4 is 16.0 Å². The van der Waals surface area contributed by atoms with Gasteiger partial charge >= 0.3 is 5.97 Å². The van der Waals surface area contributed by atoms with Gasteiger partial charge in [-0.05, 0) is 55.7 Å². The quantitative estimate of drug-likeness (QED) is 0.547. The molecule has 0 saturated carbocycles. The van der Waals surface area contributed by atoms with Crippen molar-refractivity contribution in [3.63, 3.8) is 0 Å². The van der Waals surface area contributed by atoms with Gasteiger partial charge in [0.15, 0.2) is 0 Å². The van der Waals surface area contributed by atoms with Crippen molar-refractivity contribution in [3.8, 4) is 0 Å². The molecule has 0 spiro atoms. The van der Waals surface area contributed by atoms with Gasteiger partial charge in [0, 0.05) is 13.1 Å². The summed E-state index contributed by atoms with van der Waals surface area (Å²) in [5.74, 6) is -1.71. The smallest absolute Gasteiger partial charge is 0.309 e. The molecular weight excluding hydrogens is 388 g/mol. The summed E-state index contributed by atoms with van der Waals surface area (Å²) in [6, 6.07) is 2.36. The monoisotopic (exact) mass is 413 g/mol. The number of piperidine rings is 1. The van der Waals surface area contributed by atoms with E-state index in [-0.39, 0.29) is 25.0 Å². The van der Waals surface area contributed by atoms with Crippen LogP contribution in [0.15, 0.2) is 35.2 Å². The number of nitrogens with zero attached hydrogens (tertiary/aromatic N) is 1. The number of carbonyl (C=O) groups excluding carboxylic acids is 1. The van der Waals surface area contributed by atoms with E-state index in [1.54, 1.807) is 0 Å². The maximum absolute atomic E-state index is 13.9. The van der Waals surface area contributed by atoms with Crippen LogP contribution in [0.4, 0.5) is 8.78 Å². The average Bonchev–Trinajstić information content (AvgIpc) is 2.69. The van der Waals surface area contributed by atoms with Crippen LogP contribution in [0.5, 0.6) is 0 Å². The van der Waals surface area contributed by atoms with Crippen molar-refractivity contribution in [1.82, 2.24) is 4.31 Å².